The predicted molar refractivity (Wildman–Crippen MR) is 67.6 cm³/mol. The highest BCUT2D eigenvalue weighted by atomic mass is 16.6. The number of nitro groups is 2. The number of esters is 1. The summed E-state index contributed by atoms with van der Waals surface area (Å²) in [6.07, 6.45) is 0. The fourth-order valence-corrected chi connectivity index (χ4v) is 1.82. The van der Waals surface area contributed by atoms with Gasteiger partial charge in [-0.3, -0.25) is 20.2 Å². The number of aromatic amines is 1. The predicted octanol–water partition coefficient (Wildman–Crippen LogP) is 2.16. The van der Waals surface area contributed by atoms with E-state index in [0.717, 1.165) is 6.07 Å². The Morgan fingerprint density at radius 2 is 2.00 bits per heavy atom. The van der Waals surface area contributed by atoms with Crippen LogP contribution in [0, 0.1) is 20.2 Å². The molecule has 20 heavy (non-hydrogen) atoms. The van der Waals surface area contributed by atoms with Crippen LogP contribution in [-0.2, 0) is 4.74 Å². The summed E-state index contributed by atoms with van der Waals surface area (Å²) in [4.78, 5) is 34.6. The summed E-state index contributed by atoms with van der Waals surface area (Å²) in [5, 5.41) is 21.8. The smallest absolute Gasteiger partial charge is 0.362 e. The van der Waals surface area contributed by atoms with Crippen LogP contribution in [0.25, 0.3) is 10.9 Å². The number of hydrogen-bond donors (Lipinski definition) is 1. The number of ether oxygens (including phenoxy) is 1. The summed E-state index contributed by atoms with van der Waals surface area (Å²) in [6.45, 7) is 1.63. The molecule has 0 spiro atoms. The molecule has 1 aromatic carbocycles. The first-order valence-electron chi connectivity index (χ1n) is 5.57. The topological polar surface area (TPSA) is 128 Å². The zero-order chi connectivity index (χ0) is 14.9. The minimum atomic E-state index is -0.877. The molecule has 2 aromatic rings. The Kier molecular flexibility index (Phi) is 3.34. The molecule has 0 saturated carbocycles. The Balaban J connectivity index is 2.71. The van der Waals surface area contributed by atoms with Crippen molar-refractivity contribution in [1.29, 1.82) is 0 Å². The third kappa shape index (κ3) is 2.16. The molecule has 0 amide bonds. The molecule has 0 radical (unpaired) electrons. The highest BCUT2D eigenvalue weighted by Gasteiger charge is 2.29. The van der Waals surface area contributed by atoms with E-state index in [0.29, 0.717) is 0 Å². The van der Waals surface area contributed by atoms with Gasteiger partial charge in [-0.2, -0.15) is 0 Å². The lowest BCUT2D eigenvalue weighted by atomic mass is 10.2. The number of hydrogen-bond acceptors (Lipinski definition) is 6. The SMILES string of the molecule is CCOC(=O)c1[nH]c2ccc([N+](=O)[O-])cc2c1[N+](=O)[O-]. The van der Waals surface area contributed by atoms with Crippen molar-refractivity contribution in [3.05, 3.63) is 44.1 Å². The second kappa shape index (κ2) is 4.96. The molecule has 1 heterocycles. The second-order valence-electron chi connectivity index (χ2n) is 3.81. The number of H-pyrrole nitrogens is 1. The number of rotatable bonds is 4. The molecule has 1 N–H and O–H groups in total. The number of nitrogens with one attached hydrogen (secondary N) is 1. The minimum Gasteiger partial charge on any atom is -0.461 e. The molecular formula is C11H9N3O6. The first-order chi connectivity index (χ1) is 9.45. The summed E-state index contributed by atoms with van der Waals surface area (Å²) in [6, 6.07) is 3.55. The number of fused-ring (bicyclic) bond motifs is 1. The van der Waals surface area contributed by atoms with Gasteiger partial charge in [0.25, 0.3) is 5.69 Å². The van der Waals surface area contributed by atoms with Gasteiger partial charge in [0, 0.05) is 12.1 Å². The van der Waals surface area contributed by atoms with Crippen LogP contribution >= 0.6 is 0 Å². The van der Waals surface area contributed by atoms with Gasteiger partial charge in [-0.15, -0.1) is 0 Å². The monoisotopic (exact) mass is 279 g/mol. The Bertz CT molecular complexity index is 720. The van der Waals surface area contributed by atoms with E-state index >= 15 is 0 Å². The van der Waals surface area contributed by atoms with Gasteiger partial charge in [0.2, 0.25) is 5.69 Å². The Labute approximate surface area is 111 Å². The van der Waals surface area contributed by atoms with E-state index in [2.05, 4.69) is 4.98 Å². The fourth-order valence-electron chi connectivity index (χ4n) is 1.82. The number of nitrogens with zero attached hydrogens (tertiary/aromatic N) is 2. The van der Waals surface area contributed by atoms with E-state index in [4.69, 9.17) is 4.74 Å². The maximum Gasteiger partial charge on any atom is 0.362 e. The standard InChI is InChI=1S/C11H9N3O6/c1-2-20-11(15)9-10(14(18)19)7-5-6(13(16)17)3-4-8(7)12-9/h3-5,12H,2H2,1H3. The van der Waals surface area contributed by atoms with Gasteiger partial charge >= 0.3 is 11.7 Å². The molecular weight excluding hydrogens is 270 g/mol. The summed E-state index contributed by atoms with van der Waals surface area (Å²) in [7, 11) is 0. The van der Waals surface area contributed by atoms with E-state index in [9.17, 15) is 25.0 Å². The molecule has 0 aliphatic heterocycles. The lowest BCUT2D eigenvalue weighted by molar-refractivity contribution is -0.386. The van der Waals surface area contributed by atoms with E-state index in [-0.39, 0.29) is 28.9 Å². The fraction of sp³-hybridized carbons (Fsp3) is 0.182. The molecule has 0 fully saturated rings. The van der Waals surface area contributed by atoms with Crippen LogP contribution in [0.1, 0.15) is 17.4 Å². The summed E-state index contributed by atoms with van der Waals surface area (Å²) in [5.41, 5.74) is -0.894. The van der Waals surface area contributed by atoms with Gasteiger partial charge in [-0.25, -0.2) is 4.79 Å². The van der Waals surface area contributed by atoms with Crippen LogP contribution in [0.2, 0.25) is 0 Å². The minimum absolute atomic E-state index is 0.00717. The van der Waals surface area contributed by atoms with Crippen LogP contribution in [0.4, 0.5) is 11.4 Å². The van der Waals surface area contributed by atoms with Gasteiger partial charge in [-0.05, 0) is 13.0 Å². The van der Waals surface area contributed by atoms with Crippen molar-refractivity contribution in [3.63, 3.8) is 0 Å². The summed E-state index contributed by atoms with van der Waals surface area (Å²) >= 11 is 0. The molecule has 2 rings (SSSR count). The Morgan fingerprint density at radius 3 is 2.55 bits per heavy atom. The maximum atomic E-state index is 11.7. The van der Waals surface area contributed by atoms with Crippen LogP contribution in [0.5, 0.6) is 0 Å². The number of benzene rings is 1. The van der Waals surface area contributed by atoms with Gasteiger partial charge in [0.1, 0.15) is 0 Å². The number of nitro benzene ring substituents is 1. The molecule has 0 atom stereocenters. The van der Waals surface area contributed by atoms with Crippen LogP contribution in [0.3, 0.4) is 0 Å². The number of carbonyl (C=O) groups excluding carboxylic acids is 1. The lowest BCUT2D eigenvalue weighted by Gasteiger charge is -1.98. The zero-order valence-corrected chi connectivity index (χ0v) is 10.3. The van der Waals surface area contributed by atoms with Gasteiger partial charge < -0.3 is 9.72 Å². The quantitative estimate of drug-likeness (QED) is 0.518. The van der Waals surface area contributed by atoms with Crippen molar-refractivity contribution in [2.45, 2.75) is 6.92 Å². The third-order valence-electron chi connectivity index (χ3n) is 2.63. The average Bonchev–Trinajstić information content (AvgIpc) is 2.77. The number of non-ortho nitro benzene ring substituents is 1. The van der Waals surface area contributed by atoms with E-state index < -0.39 is 21.5 Å². The van der Waals surface area contributed by atoms with Gasteiger partial charge in [0.15, 0.2) is 0 Å². The molecule has 0 bridgehead atoms. The summed E-state index contributed by atoms with van der Waals surface area (Å²) < 4.78 is 4.72. The second-order valence-corrected chi connectivity index (χ2v) is 3.81. The third-order valence-corrected chi connectivity index (χ3v) is 2.63. The molecule has 1 aromatic heterocycles. The Hall–Kier alpha value is -2.97. The van der Waals surface area contributed by atoms with Gasteiger partial charge in [0.05, 0.1) is 27.4 Å². The number of aromatic nitrogens is 1. The van der Waals surface area contributed by atoms with Crippen LogP contribution < -0.4 is 0 Å². The molecule has 0 aliphatic carbocycles. The van der Waals surface area contributed by atoms with E-state index in [1.807, 2.05) is 0 Å². The van der Waals surface area contributed by atoms with Crippen molar-refractivity contribution in [2.75, 3.05) is 6.61 Å². The summed E-state index contributed by atoms with van der Waals surface area (Å²) in [5.74, 6) is -0.877. The maximum absolute atomic E-state index is 11.7. The van der Waals surface area contributed by atoms with Crippen molar-refractivity contribution in [2.24, 2.45) is 0 Å². The molecule has 9 heteroatoms. The lowest BCUT2D eigenvalue weighted by Crippen LogP contribution is -2.07. The molecule has 0 saturated heterocycles. The van der Waals surface area contributed by atoms with Crippen molar-refractivity contribution in [1.82, 2.24) is 4.98 Å². The first-order valence-corrected chi connectivity index (χ1v) is 5.57. The number of carbonyl (C=O) groups is 1. The molecule has 9 nitrogen and oxygen atoms in total. The normalized spacial score (nSPS) is 10.4. The molecule has 0 aliphatic rings. The van der Waals surface area contributed by atoms with Crippen LogP contribution in [-0.4, -0.2) is 27.4 Å². The van der Waals surface area contributed by atoms with Crippen molar-refractivity contribution >= 4 is 28.2 Å². The average molecular weight is 279 g/mol. The van der Waals surface area contributed by atoms with Crippen LogP contribution in [0.15, 0.2) is 18.2 Å². The molecule has 0 unspecified atom stereocenters. The van der Waals surface area contributed by atoms with Crippen molar-refractivity contribution in [3.8, 4) is 0 Å². The largest absolute Gasteiger partial charge is 0.461 e. The van der Waals surface area contributed by atoms with E-state index in [1.54, 1.807) is 6.92 Å². The highest BCUT2D eigenvalue weighted by Crippen LogP contribution is 2.32. The zero-order valence-electron chi connectivity index (χ0n) is 10.3. The first kappa shape index (κ1) is 13.5. The Morgan fingerprint density at radius 1 is 1.30 bits per heavy atom. The highest BCUT2D eigenvalue weighted by molar-refractivity contribution is 6.04. The van der Waals surface area contributed by atoms with E-state index in [1.165, 1.54) is 12.1 Å². The van der Waals surface area contributed by atoms with Crippen molar-refractivity contribution < 1.29 is 19.4 Å². The molecule has 104 valence electrons. The van der Waals surface area contributed by atoms with Gasteiger partial charge in [-0.1, -0.05) is 0 Å².